The van der Waals surface area contributed by atoms with Gasteiger partial charge in [-0.3, -0.25) is 9.59 Å². The van der Waals surface area contributed by atoms with Gasteiger partial charge in [0.25, 0.3) is 0 Å². The molecule has 1 saturated heterocycles. The molecule has 2 amide bonds. The van der Waals surface area contributed by atoms with Crippen LogP contribution < -0.4 is 11.1 Å². The van der Waals surface area contributed by atoms with Crippen LogP contribution in [0.15, 0.2) is 30.3 Å². The molecule has 1 aliphatic heterocycles. The van der Waals surface area contributed by atoms with Gasteiger partial charge in [0.15, 0.2) is 0 Å². The van der Waals surface area contributed by atoms with Gasteiger partial charge in [-0.05, 0) is 5.56 Å². The molecular formula is C14H20ClN3O2. The Morgan fingerprint density at radius 2 is 2.05 bits per heavy atom. The van der Waals surface area contributed by atoms with Crippen molar-refractivity contribution in [2.45, 2.75) is 13.0 Å². The zero-order valence-electron chi connectivity index (χ0n) is 11.2. The van der Waals surface area contributed by atoms with Crippen LogP contribution in [0.5, 0.6) is 0 Å². The summed E-state index contributed by atoms with van der Waals surface area (Å²) in [5.74, 6) is -0.291. The number of carbonyl (C=O) groups excluding carboxylic acids is 2. The van der Waals surface area contributed by atoms with Crippen molar-refractivity contribution in [1.29, 1.82) is 0 Å². The number of hydrogen-bond donors (Lipinski definition) is 2. The summed E-state index contributed by atoms with van der Waals surface area (Å²) < 4.78 is 0. The first-order valence-corrected chi connectivity index (χ1v) is 6.50. The number of benzene rings is 1. The zero-order chi connectivity index (χ0) is 13.7. The average Bonchev–Trinajstić information content (AvgIpc) is 2.85. The van der Waals surface area contributed by atoms with Crippen LogP contribution in [-0.4, -0.2) is 36.3 Å². The second-order valence-corrected chi connectivity index (χ2v) is 4.74. The molecule has 1 heterocycles. The summed E-state index contributed by atoms with van der Waals surface area (Å²) in [6.45, 7) is 1.92. The van der Waals surface area contributed by atoms with Crippen molar-refractivity contribution in [2.24, 2.45) is 11.7 Å². The van der Waals surface area contributed by atoms with Gasteiger partial charge in [0.2, 0.25) is 11.8 Å². The summed E-state index contributed by atoms with van der Waals surface area (Å²) in [4.78, 5) is 25.3. The molecule has 2 rings (SSSR count). The molecule has 5 nitrogen and oxygen atoms in total. The largest absolute Gasteiger partial charge is 0.355 e. The normalized spacial score (nSPS) is 17.2. The summed E-state index contributed by atoms with van der Waals surface area (Å²) in [6, 6.07) is 9.80. The summed E-state index contributed by atoms with van der Waals surface area (Å²) in [5, 5.41) is 2.69. The van der Waals surface area contributed by atoms with Gasteiger partial charge in [0.05, 0.1) is 5.92 Å². The lowest BCUT2D eigenvalue weighted by Gasteiger charge is -2.24. The number of nitrogens with two attached hydrogens (primary N) is 1. The lowest BCUT2D eigenvalue weighted by molar-refractivity contribution is -0.136. The molecule has 0 bridgehead atoms. The predicted molar refractivity (Wildman–Crippen MR) is 79.3 cm³/mol. The van der Waals surface area contributed by atoms with Crippen LogP contribution in [0.4, 0.5) is 0 Å². The number of nitrogens with one attached hydrogen (secondary N) is 1. The van der Waals surface area contributed by atoms with Crippen molar-refractivity contribution in [1.82, 2.24) is 10.2 Å². The third kappa shape index (κ3) is 4.21. The van der Waals surface area contributed by atoms with E-state index in [4.69, 9.17) is 5.73 Å². The Balaban J connectivity index is 0.00000200. The van der Waals surface area contributed by atoms with Crippen LogP contribution in [0.2, 0.25) is 0 Å². The summed E-state index contributed by atoms with van der Waals surface area (Å²) in [5.41, 5.74) is 6.64. The van der Waals surface area contributed by atoms with Crippen molar-refractivity contribution in [3.05, 3.63) is 35.9 Å². The van der Waals surface area contributed by atoms with E-state index in [2.05, 4.69) is 5.32 Å². The van der Waals surface area contributed by atoms with Gasteiger partial charge in [0, 0.05) is 32.6 Å². The van der Waals surface area contributed by atoms with Crippen molar-refractivity contribution < 1.29 is 9.59 Å². The molecule has 1 aliphatic rings. The van der Waals surface area contributed by atoms with Gasteiger partial charge in [-0.2, -0.15) is 0 Å². The molecule has 1 atom stereocenters. The van der Waals surface area contributed by atoms with E-state index < -0.39 is 0 Å². The first-order chi connectivity index (χ1) is 9.20. The Bertz CT molecular complexity index is 453. The molecule has 1 fully saturated rings. The summed E-state index contributed by atoms with van der Waals surface area (Å²) >= 11 is 0. The Hall–Kier alpha value is -1.59. The first-order valence-electron chi connectivity index (χ1n) is 6.50. The predicted octanol–water partition coefficient (Wildman–Crippen LogP) is 0.532. The standard InChI is InChI=1S/C14H19N3O2.ClH/c15-6-7-17(10-11-4-2-1-3-5-11)14(19)12-8-13(18)16-9-12;/h1-5,12H,6-10,15H2,(H,16,18);1H. The molecule has 1 unspecified atom stereocenters. The van der Waals surface area contributed by atoms with Gasteiger partial charge in [-0.15, -0.1) is 12.4 Å². The lowest BCUT2D eigenvalue weighted by atomic mass is 10.1. The first kappa shape index (κ1) is 16.5. The molecule has 1 aromatic carbocycles. The minimum atomic E-state index is -0.247. The molecule has 0 aliphatic carbocycles. The second-order valence-electron chi connectivity index (χ2n) is 4.74. The van der Waals surface area contributed by atoms with Crippen molar-refractivity contribution in [3.63, 3.8) is 0 Å². The lowest BCUT2D eigenvalue weighted by Crippen LogP contribution is -2.39. The maximum absolute atomic E-state index is 12.4. The third-order valence-corrected chi connectivity index (χ3v) is 3.25. The monoisotopic (exact) mass is 297 g/mol. The fourth-order valence-electron chi connectivity index (χ4n) is 2.26. The van der Waals surface area contributed by atoms with E-state index in [1.54, 1.807) is 4.90 Å². The number of hydrogen-bond acceptors (Lipinski definition) is 3. The average molecular weight is 298 g/mol. The minimum absolute atomic E-state index is 0. The van der Waals surface area contributed by atoms with Gasteiger partial charge >= 0.3 is 0 Å². The molecule has 3 N–H and O–H groups in total. The smallest absolute Gasteiger partial charge is 0.228 e. The molecule has 0 saturated carbocycles. The quantitative estimate of drug-likeness (QED) is 0.832. The minimum Gasteiger partial charge on any atom is -0.355 e. The van der Waals surface area contributed by atoms with E-state index in [0.717, 1.165) is 5.56 Å². The fourth-order valence-corrected chi connectivity index (χ4v) is 2.26. The van der Waals surface area contributed by atoms with Crippen molar-refractivity contribution in [3.8, 4) is 0 Å². The van der Waals surface area contributed by atoms with E-state index in [-0.39, 0.29) is 36.6 Å². The third-order valence-electron chi connectivity index (χ3n) is 3.25. The topological polar surface area (TPSA) is 75.4 Å². The molecule has 1 aromatic rings. The van der Waals surface area contributed by atoms with Gasteiger partial charge in [-0.25, -0.2) is 0 Å². The molecule has 20 heavy (non-hydrogen) atoms. The van der Waals surface area contributed by atoms with Gasteiger partial charge in [-0.1, -0.05) is 30.3 Å². The Morgan fingerprint density at radius 1 is 1.35 bits per heavy atom. The molecular weight excluding hydrogens is 278 g/mol. The highest BCUT2D eigenvalue weighted by Crippen LogP contribution is 2.15. The van der Waals surface area contributed by atoms with E-state index in [1.807, 2.05) is 30.3 Å². The van der Waals surface area contributed by atoms with Crippen LogP contribution in [0.3, 0.4) is 0 Å². The van der Waals surface area contributed by atoms with E-state index in [9.17, 15) is 9.59 Å². The van der Waals surface area contributed by atoms with Gasteiger partial charge in [0.1, 0.15) is 0 Å². The van der Waals surface area contributed by atoms with Crippen molar-refractivity contribution >= 4 is 24.2 Å². The molecule has 0 spiro atoms. The summed E-state index contributed by atoms with van der Waals surface area (Å²) in [7, 11) is 0. The number of halogens is 1. The Kier molecular flexibility index (Phi) is 6.48. The van der Waals surface area contributed by atoms with Crippen LogP contribution in [0.25, 0.3) is 0 Å². The number of amides is 2. The second kappa shape index (κ2) is 7.87. The highest BCUT2D eigenvalue weighted by atomic mass is 35.5. The SMILES string of the molecule is Cl.NCCN(Cc1ccccc1)C(=O)C1CNC(=O)C1. The van der Waals surface area contributed by atoms with Crippen LogP contribution >= 0.6 is 12.4 Å². The molecule has 6 heteroatoms. The zero-order valence-corrected chi connectivity index (χ0v) is 12.1. The Labute approximate surface area is 124 Å². The molecule has 110 valence electrons. The van der Waals surface area contributed by atoms with E-state index >= 15 is 0 Å². The summed E-state index contributed by atoms with van der Waals surface area (Å²) in [6.07, 6.45) is 0.286. The van der Waals surface area contributed by atoms with Crippen LogP contribution in [-0.2, 0) is 16.1 Å². The van der Waals surface area contributed by atoms with Crippen LogP contribution in [0, 0.1) is 5.92 Å². The maximum atomic E-state index is 12.4. The van der Waals surface area contributed by atoms with Crippen molar-refractivity contribution in [2.75, 3.05) is 19.6 Å². The number of carbonyl (C=O) groups is 2. The number of nitrogens with zero attached hydrogens (tertiary/aromatic N) is 1. The van der Waals surface area contributed by atoms with E-state index in [1.165, 1.54) is 0 Å². The highest BCUT2D eigenvalue weighted by Gasteiger charge is 2.31. The van der Waals surface area contributed by atoms with E-state index in [0.29, 0.717) is 26.2 Å². The van der Waals surface area contributed by atoms with Gasteiger partial charge < -0.3 is 16.0 Å². The number of rotatable bonds is 5. The Morgan fingerprint density at radius 3 is 2.60 bits per heavy atom. The van der Waals surface area contributed by atoms with Crippen LogP contribution in [0.1, 0.15) is 12.0 Å². The highest BCUT2D eigenvalue weighted by molar-refractivity contribution is 5.89. The molecule has 0 aromatic heterocycles. The maximum Gasteiger partial charge on any atom is 0.228 e. The molecule has 0 radical (unpaired) electrons. The fraction of sp³-hybridized carbons (Fsp3) is 0.429.